The maximum absolute atomic E-state index is 13.4. The van der Waals surface area contributed by atoms with Crippen LogP contribution < -0.4 is 9.64 Å². The summed E-state index contributed by atoms with van der Waals surface area (Å²) in [5.41, 5.74) is 1.22. The van der Waals surface area contributed by atoms with Crippen molar-refractivity contribution in [3.8, 4) is 5.75 Å². The lowest BCUT2D eigenvalue weighted by Gasteiger charge is -2.19. The van der Waals surface area contributed by atoms with Crippen molar-refractivity contribution >= 4 is 56.0 Å². The molecule has 0 fully saturated rings. The lowest BCUT2D eigenvalue weighted by atomic mass is 10.2. The molecule has 0 aliphatic heterocycles. The molecule has 0 N–H and O–H groups in total. The average Bonchev–Trinajstić information content (AvgIpc) is 3.42. The number of rotatable bonds is 6. The molecule has 2 aromatic carbocycles. The predicted molar refractivity (Wildman–Crippen MR) is 119 cm³/mol. The summed E-state index contributed by atoms with van der Waals surface area (Å²) in [7, 11) is 1.58. The molecule has 0 radical (unpaired) electrons. The van der Waals surface area contributed by atoms with Gasteiger partial charge < -0.3 is 9.15 Å². The zero-order valence-corrected chi connectivity index (χ0v) is 18.1. The largest absolute Gasteiger partial charge is 0.494 e. The Labute approximate surface area is 181 Å². The van der Waals surface area contributed by atoms with Crippen molar-refractivity contribution in [3.63, 3.8) is 0 Å². The zero-order valence-electron chi connectivity index (χ0n) is 15.7. The van der Waals surface area contributed by atoms with Crippen LogP contribution >= 0.6 is 34.7 Å². The van der Waals surface area contributed by atoms with Gasteiger partial charge in [0.15, 0.2) is 5.13 Å². The highest BCUT2D eigenvalue weighted by Crippen LogP contribution is 2.39. The van der Waals surface area contributed by atoms with Crippen molar-refractivity contribution in [3.05, 3.63) is 71.1 Å². The number of carbonyl (C=O) groups is 1. The third-order valence-corrected chi connectivity index (χ3v) is 6.62. The number of aromatic nitrogens is 1. The molecule has 2 aromatic heterocycles. The molecule has 0 aliphatic rings. The van der Waals surface area contributed by atoms with Crippen molar-refractivity contribution in [2.75, 3.05) is 18.3 Å². The highest BCUT2D eigenvalue weighted by Gasteiger charge is 2.24. The van der Waals surface area contributed by atoms with E-state index in [1.54, 1.807) is 54.3 Å². The van der Waals surface area contributed by atoms with Gasteiger partial charge in [0.05, 0.1) is 29.6 Å². The number of anilines is 1. The van der Waals surface area contributed by atoms with Crippen LogP contribution in [0.2, 0.25) is 5.02 Å². The van der Waals surface area contributed by atoms with Crippen LogP contribution in [0.1, 0.15) is 16.1 Å². The second-order valence-electron chi connectivity index (χ2n) is 6.13. The molecule has 0 saturated heterocycles. The van der Waals surface area contributed by atoms with E-state index in [0.717, 1.165) is 9.60 Å². The number of ether oxygens (including phenoxy) is 1. The standard InChI is InChI=1S/C21H17ClN2O3S2/c1-26-17-9-8-16(22)19-18(17)23-21(29-19)24(12-14-6-4-10-27-14)20(25)13-5-3-7-15(11-13)28-2/h3-11H,12H2,1-2H3. The van der Waals surface area contributed by atoms with Crippen LogP contribution in [0.3, 0.4) is 0 Å². The number of hydrogen-bond acceptors (Lipinski definition) is 6. The van der Waals surface area contributed by atoms with Crippen molar-refractivity contribution < 1.29 is 13.9 Å². The summed E-state index contributed by atoms with van der Waals surface area (Å²) in [6, 6.07) is 14.7. The second kappa shape index (κ2) is 8.49. The van der Waals surface area contributed by atoms with Gasteiger partial charge in [-0.2, -0.15) is 0 Å². The minimum absolute atomic E-state index is 0.161. The number of fused-ring (bicyclic) bond motifs is 1. The Bertz CT molecular complexity index is 1160. The van der Waals surface area contributed by atoms with Crippen LogP contribution in [0.25, 0.3) is 10.2 Å². The van der Waals surface area contributed by atoms with Gasteiger partial charge in [0.25, 0.3) is 5.91 Å². The fourth-order valence-electron chi connectivity index (χ4n) is 2.92. The van der Waals surface area contributed by atoms with Crippen LogP contribution in [0, 0.1) is 0 Å². The van der Waals surface area contributed by atoms with Crippen LogP contribution in [0.15, 0.2) is 64.1 Å². The Hall–Kier alpha value is -2.48. The highest BCUT2D eigenvalue weighted by atomic mass is 35.5. The molecule has 0 spiro atoms. The van der Waals surface area contributed by atoms with Gasteiger partial charge in [-0.05, 0) is 48.7 Å². The van der Waals surface area contributed by atoms with Crippen LogP contribution in [0.4, 0.5) is 5.13 Å². The highest BCUT2D eigenvalue weighted by molar-refractivity contribution is 7.98. The maximum atomic E-state index is 13.4. The number of amides is 1. The third-order valence-electron chi connectivity index (χ3n) is 4.35. The smallest absolute Gasteiger partial charge is 0.260 e. The zero-order chi connectivity index (χ0) is 20.4. The Morgan fingerprint density at radius 2 is 2.14 bits per heavy atom. The van der Waals surface area contributed by atoms with E-state index in [-0.39, 0.29) is 12.5 Å². The molecule has 0 bridgehead atoms. The summed E-state index contributed by atoms with van der Waals surface area (Å²) in [5.74, 6) is 1.12. The SMILES string of the molecule is COc1ccc(Cl)c2sc(N(Cc3ccco3)C(=O)c3cccc(SC)c3)nc12. The molecule has 4 aromatic rings. The van der Waals surface area contributed by atoms with Crippen LogP contribution in [-0.4, -0.2) is 24.3 Å². The molecule has 29 heavy (non-hydrogen) atoms. The topological polar surface area (TPSA) is 55.6 Å². The second-order valence-corrected chi connectivity index (χ2v) is 8.39. The number of hydrogen-bond donors (Lipinski definition) is 0. The molecule has 0 aliphatic carbocycles. The Balaban J connectivity index is 1.81. The minimum atomic E-state index is -0.161. The molecule has 8 heteroatoms. The first-order valence-corrected chi connectivity index (χ1v) is 11.1. The first-order valence-electron chi connectivity index (χ1n) is 8.72. The predicted octanol–water partition coefficient (Wildman–Crippen LogP) is 6.12. The first-order chi connectivity index (χ1) is 14.1. The van der Waals surface area contributed by atoms with E-state index in [4.69, 9.17) is 20.8 Å². The molecular weight excluding hydrogens is 428 g/mol. The Morgan fingerprint density at radius 1 is 1.28 bits per heavy atom. The number of thioether (sulfide) groups is 1. The molecule has 0 atom stereocenters. The monoisotopic (exact) mass is 444 g/mol. The maximum Gasteiger partial charge on any atom is 0.260 e. The van der Waals surface area contributed by atoms with E-state index < -0.39 is 0 Å². The molecule has 148 valence electrons. The van der Waals surface area contributed by atoms with E-state index in [2.05, 4.69) is 4.98 Å². The van der Waals surface area contributed by atoms with E-state index in [1.807, 2.05) is 30.5 Å². The fraction of sp³-hybridized carbons (Fsp3) is 0.143. The van der Waals surface area contributed by atoms with Gasteiger partial charge in [-0.25, -0.2) is 4.98 Å². The van der Waals surface area contributed by atoms with Crippen molar-refractivity contribution in [2.45, 2.75) is 11.4 Å². The summed E-state index contributed by atoms with van der Waals surface area (Å²) in [5, 5.41) is 1.10. The number of furan rings is 1. The normalized spacial score (nSPS) is 11.0. The number of methoxy groups -OCH3 is 1. The fourth-order valence-corrected chi connectivity index (χ4v) is 4.63. The Kier molecular flexibility index (Phi) is 5.80. The van der Waals surface area contributed by atoms with E-state index in [0.29, 0.717) is 32.7 Å². The summed E-state index contributed by atoms with van der Waals surface area (Å²) in [6.07, 6.45) is 3.57. The van der Waals surface area contributed by atoms with Crippen molar-refractivity contribution in [1.29, 1.82) is 0 Å². The number of halogens is 1. The molecule has 5 nitrogen and oxygen atoms in total. The van der Waals surface area contributed by atoms with E-state index in [1.165, 1.54) is 11.3 Å². The van der Waals surface area contributed by atoms with Crippen molar-refractivity contribution in [2.24, 2.45) is 0 Å². The van der Waals surface area contributed by atoms with Gasteiger partial charge in [0.1, 0.15) is 17.0 Å². The lowest BCUT2D eigenvalue weighted by molar-refractivity contribution is 0.0983. The molecule has 0 saturated carbocycles. The summed E-state index contributed by atoms with van der Waals surface area (Å²) in [6.45, 7) is 0.259. The van der Waals surface area contributed by atoms with E-state index in [9.17, 15) is 4.79 Å². The van der Waals surface area contributed by atoms with Gasteiger partial charge >= 0.3 is 0 Å². The van der Waals surface area contributed by atoms with E-state index >= 15 is 0 Å². The molecule has 0 unspecified atom stereocenters. The van der Waals surface area contributed by atoms with Gasteiger partial charge in [-0.1, -0.05) is 29.0 Å². The number of nitrogens with zero attached hydrogens (tertiary/aromatic N) is 2. The van der Waals surface area contributed by atoms with Crippen LogP contribution in [0.5, 0.6) is 5.75 Å². The molecule has 1 amide bonds. The van der Waals surface area contributed by atoms with Gasteiger partial charge in [-0.3, -0.25) is 9.69 Å². The van der Waals surface area contributed by atoms with Crippen molar-refractivity contribution in [1.82, 2.24) is 4.98 Å². The average molecular weight is 445 g/mol. The summed E-state index contributed by atoms with van der Waals surface area (Å²) < 4.78 is 11.7. The molecule has 4 rings (SSSR count). The first kappa shape index (κ1) is 19.8. The molecule has 2 heterocycles. The van der Waals surface area contributed by atoms with Gasteiger partial charge in [-0.15, -0.1) is 11.8 Å². The number of carbonyl (C=O) groups excluding carboxylic acids is 1. The van der Waals surface area contributed by atoms with Gasteiger partial charge in [0, 0.05) is 10.5 Å². The number of thiazole rings is 1. The summed E-state index contributed by atoms with van der Waals surface area (Å²) in [4.78, 5) is 20.7. The summed E-state index contributed by atoms with van der Waals surface area (Å²) >= 11 is 9.31. The number of benzene rings is 2. The molecular formula is C21H17ClN2O3S2. The minimum Gasteiger partial charge on any atom is -0.494 e. The van der Waals surface area contributed by atoms with Crippen LogP contribution in [-0.2, 0) is 6.54 Å². The van der Waals surface area contributed by atoms with Gasteiger partial charge in [0.2, 0.25) is 0 Å². The lowest BCUT2D eigenvalue weighted by Crippen LogP contribution is -2.30. The Morgan fingerprint density at radius 3 is 2.86 bits per heavy atom. The third kappa shape index (κ3) is 3.99. The quantitative estimate of drug-likeness (QED) is 0.335.